The Kier molecular flexibility index (Phi) is 9.30. The summed E-state index contributed by atoms with van der Waals surface area (Å²) in [6.45, 7) is 4.92. The third-order valence-electron chi connectivity index (χ3n) is 5.76. The Labute approximate surface area is 218 Å². The number of nitrogens with one attached hydrogen (secondary N) is 1. The van der Waals surface area contributed by atoms with E-state index >= 15 is 0 Å². The summed E-state index contributed by atoms with van der Waals surface area (Å²) >= 11 is 0. The summed E-state index contributed by atoms with van der Waals surface area (Å²) in [4.78, 5) is 28.2. The van der Waals surface area contributed by atoms with E-state index in [1.807, 2.05) is 44.2 Å². The molecule has 3 aromatic carbocycles. The first-order valence-corrected chi connectivity index (χ1v) is 13.4. The molecule has 0 saturated heterocycles. The Morgan fingerprint density at radius 3 is 2.03 bits per heavy atom. The lowest BCUT2D eigenvalue weighted by atomic mass is 10.1. The van der Waals surface area contributed by atoms with Gasteiger partial charge in [0.05, 0.1) is 17.7 Å². The summed E-state index contributed by atoms with van der Waals surface area (Å²) in [7, 11) is -2.71. The van der Waals surface area contributed by atoms with Gasteiger partial charge in [0.1, 0.15) is 18.3 Å². The monoisotopic (exact) mass is 523 g/mol. The summed E-state index contributed by atoms with van der Waals surface area (Å²) in [5, 5.41) is 2.84. The van der Waals surface area contributed by atoms with Crippen LogP contribution in [0.15, 0.2) is 89.8 Å². The fourth-order valence-electron chi connectivity index (χ4n) is 3.84. The number of methoxy groups -OCH3 is 1. The van der Waals surface area contributed by atoms with Crippen molar-refractivity contribution in [1.82, 2.24) is 10.2 Å². The number of sulfonamides is 1. The fraction of sp³-hybridized carbons (Fsp3) is 0.286. The number of carbonyl (C=O) groups is 2. The molecule has 1 N–H and O–H groups in total. The van der Waals surface area contributed by atoms with Gasteiger partial charge in [0.2, 0.25) is 11.8 Å². The van der Waals surface area contributed by atoms with E-state index in [1.165, 1.54) is 24.1 Å². The number of benzene rings is 3. The molecule has 0 spiro atoms. The van der Waals surface area contributed by atoms with Crippen molar-refractivity contribution >= 4 is 27.5 Å². The second-order valence-electron chi connectivity index (χ2n) is 8.84. The van der Waals surface area contributed by atoms with Crippen molar-refractivity contribution in [3.8, 4) is 5.75 Å². The maximum absolute atomic E-state index is 13.8. The van der Waals surface area contributed by atoms with E-state index in [9.17, 15) is 18.0 Å². The zero-order valence-corrected chi connectivity index (χ0v) is 22.3. The van der Waals surface area contributed by atoms with Crippen LogP contribution < -0.4 is 14.4 Å². The van der Waals surface area contributed by atoms with Crippen LogP contribution in [0.4, 0.5) is 5.69 Å². The number of amides is 2. The number of carbonyl (C=O) groups excluding carboxylic acids is 2. The van der Waals surface area contributed by atoms with Gasteiger partial charge in [0, 0.05) is 12.6 Å². The maximum atomic E-state index is 13.8. The van der Waals surface area contributed by atoms with Crippen LogP contribution in [0.25, 0.3) is 0 Å². The highest BCUT2D eigenvalue weighted by Gasteiger charge is 2.33. The number of hydrogen-bond acceptors (Lipinski definition) is 5. The Morgan fingerprint density at radius 1 is 0.865 bits per heavy atom. The van der Waals surface area contributed by atoms with Crippen molar-refractivity contribution in [3.63, 3.8) is 0 Å². The molecule has 0 aliphatic rings. The smallest absolute Gasteiger partial charge is 0.264 e. The van der Waals surface area contributed by atoms with Crippen molar-refractivity contribution in [2.45, 2.75) is 44.3 Å². The quantitative estimate of drug-likeness (QED) is 0.412. The molecule has 0 aromatic heterocycles. The lowest BCUT2D eigenvalue weighted by molar-refractivity contribution is -0.139. The van der Waals surface area contributed by atoms with Gasteiger partial charge in [0.25, 0.3) is 10.0 Å². The van der Waals surface area contributed by atoms with Gasteiger partial charge in [-0.25, -0.2) is 8.42 Å². The first-order chi connectivity index (χ1) is 17.6. The van der Waals surface area contributed by atoms with Gasteiger partial charge in [0.15, 0.2) is 0 Å². The molecule has 3 aromatic rings. The molecule has 0 aliphatic heterocycles. The highest BCUT2D eigenvalue weighted by molar-refractivity contribution is 7.92. The van der Waals surface area contributed by atoms with Gasteiger partial charge >= 0.3 is 0 Å². The molecule has 0 fully saturated rings. The maximum Gasteiger partial charge on any atom is 0.264 e. The Morgan fingerprint density at radius 2 is 1.43 bits per heavy atom. The van der Waals surface area contributed by atoms with E-state index in [-0.39, 0.29) is 29.1 Å². The molecule has 1 atom stereocenters. The highest BCUT2D eigenvalue weighted by atomic mass is 32.2. The largest absolute Gasteiger partial charge is 0.495 e. The Balaban J connectivity index is 2.05. The molecule has 8 nitrogen and oxygen atoms in total. The minimum atomic E-state index is -4.15. The average molecular weight is 524 g/mol. The second kappa shape index (κ2) is 12.4. The minimum absolute atomic E-state index is 0.0360. The lowest BCUT2D eigenvalue weighted by Gasteiger charge is -2.32. The van der Waals surface area contributed by atoms with Crippen LogP contribution in [0, 0.1) is 0 Å². The van der Waals surface area contributed by atoms with E-state index in [4.69, 9.17) is 4.74 Å². The standard InChI is InChI=1S/C28H33N3O5S/c1-21(2)29-28(33)22(3)30(19-23-13-7-5-8-14-23)27(32)20-31(25-17-11-12-18-26(25)36-4)37(34,35)24-15-9-6-10-16-24/h5-18,21-22H,19-20H2,1-4H3,(H,29,33)/t22-/m1/s1. The predicted molar refractivity (Wildman–Crippen MR) is 144 cm³/mol. The molecule has 196 valence electrons. The van der Waals surface area contributed by atoms with Crippen LogP contribution in [0.5, 0.6) is 5.75 Å². The zero-order chi connectivity index (χ0) is 27.0. The number of nitrogens with zero attached hydrogens (tertiary/aromatic N) is 2. The third-order valence-corrected chi connectivity index (χ3v) is 7.53. The molecule has 0 radical (unpaired) electrons. The summed E-state index contributed by atoms with van der Waals surface area (Å²) in [6, 6.07) is 22.8. The molecule has 0 heterocycles. The van der Waals surface area contributed by atoms with E-state index in [0.717, 1.165) is 9.87 Å². The van der Waals surface area contributed by atoms with Crippen molar-refractivity contribution in [2.24, 2.45) is 0 Å². The molecule has 0 bridgehead atoms. The van der Waals surface area contributed by atoms with Gasteiger partial charge in [-0.3, -0.25) is 13.9 Å². The minimum Gasteiger partial charge on any atom is -0.495 e. The fourth-order valence-corrected chi connectivity index (χ4v) is 5.28. The van der Waals surface area contributed by atoms with Crippen LogP contribution in [-0.2, 0) is 26.2 Å². The van der Waals surface area contributed by atoms with Gasteiger partial charge in [-0.15, -0.1) is 0 Å². The van der Waals surface area contributed by atoms with Crippen LogP contribution in [0.3, 0.4) is 0 Å². The summed E-state index contributed by atoms with van der Waals surface area (Å²) in [5.74, 6) is -0.551. The van der Waals surface area contributed by atoms with Gasteiger partial charge < -0.3 is 15.0 Å². The number of ether oxygens (including phenoxy) is 1. The van der Waals surface area contributed by atoms with Crippen LogP contribution >= 0.6 is 0 Å². The first-order valence-electron chi connectivity index (χ1n) is 12.0. The average Bonchev–Trinajstić information content (AvgIpc) is 2.90. The number of anilines is 1. The van der Waals surface area contributed by atoms with Crippen molar-refractivity contribution in [3.05, 3.63) is 90.5 Å². The number of hydrogen-bond donors (Lipinski definition) is 1. The Hall–Kier alpha value is -3.85. The lowest BCUT2D eigenvalue weighted by Crippen LogP contribution is -2.52. The SMILES string of the molecule is COc1ccccc1N(CC(=O)N(Cc1ccccc1)[C@H](C)C(=O)NC(C)C)S(=O)(=O)c1ccccc1. The van der Waals surface area contributed by atoms with E-state index in [1.54, 1.807) is 49.4 Å². The van der Waals surface area contributed by atoms with Crippen molar-refractivity contribution in [2.75, 3.05) is 18.0 Å². The van der Waals surface area contributed by atoms with Gasteiger partial charge in [-0.1, -0.05) is 60.7 Å². The van der Waals surface area contributed by atoms with Crippen molar-refractivity contribution in [1.29, 1.82) is 0 Å². The van der Waals surface area contributed by atoms with E-state index in [0.29, 0.717) is 5.75 Å². The Bertz CT molecular complexity index is 1300. The summed E-state index contributed by atoms with van der Waals surface area (Å²) in [6.07, 6.45) is 0. The van der Waals surface area contributed by atoms with Crippen LogP contribution in [-0.4, -0.2) is 50.9 Å². The van der Waals surface area contributed by atoms with Gasteiger partial charge in [-0.2, -0.15) is 0 Å². The zero-order valence-electron chi connectivity index (χ0n) is 21.5. The highest BCUT2D eigenvalue weighted by Crippen LogP contribution is 2.32. The van der Waals surface area contributed by atoms with E-state index < -0.39 is 28.5 Å². The third kappa shape index (κ3) is 6.89. The molecular weight excluding hydrogens is 490 g/mol. The van der Waals surface area contributed by atoms with E-state index in [2.05, 4.69) is 5.32 Å². The topological polar surface area (TPSA) is 96.0 Å². The molecule has 0 unspecified atom stereocenters. The first kappa shape index (κ1) is 27.7. The molecule has 9 heteroatoms. The molecular formula is C28H33N3O5S. The number of para-hydroxylation sites is 2. The molecule has 3 rings (SSSR count). The molecule has 2 amide bonds. The van der Waals surface area contributed by atoms with Crippen LogP contribution in [0.2, 0.25) is 0 Å². The molecule has 37 heavy (non-hydrogen) atoms. The van der Waals surface area contributed by atoms with Crippen molar-refractivity contribution < 1.29 is 22.7 Å². The van der Waals surface area contributed by atoms with Crippen LogP contribution in [0.1, 0.15) is 26.3 Å². The molecule has 0 saturated carbocycles. The summed E-state index contributed by atoms with van der Waals surface area (Å²) < 4.78 is 34.0. The predicted octanol–water partition coefficient (Wildman–Crippen LogP) is 3.83. The number of rotatable bonds is 11. The summed E-state index contributed by atoms with van der Waals surface area (Å²) in [5.41, 5.74) is 1.04. The second-order valence-corrected chi connectivity index (χ2v) is 10.7. The normalized spacial score (nSPS) is 12.0. The van der Waals surface area contributed by atoms with Gasteiger partial charge in [-0.05, 0) is 50.6 Å². The molecule has 0 aliphatic carbocycles.